The van der Waals surface area contributed by atoms with E-state index >= 15 is 0 Å². The Morgan fingerprint density at radius 3 is 2.87 bits per heavy atom. The summed E-state index contributed by atoms with van der Waals surface area (Å²) in [5.41, 5.74) is 7.33. The summed E-state index contributed by atoms with van der Waals surface area (Å²) >= 11 is 0. The molecule has 2 N–H and O–H groups in total. The molecule has 0 amide bonds. The van der Waals surface area contributed by atoms with E-state index < -0.39 is 0 Å². The van der Waals surface area contributed by atoms with Gasteiger partial charge in [-0.25, -0.2) is 4.98 Å². The predicted molar refractivity (Wildman–Crippen MR) is 60.0 cm³/mol. The molecule has 0 spiro atoms. The Kier molecular flexibility index (Phi) is 2.91. The molecule has 0 aromatic carbocycles. The quantitative estimate of drug-likeness (QED) is 0.818. The second-order valence-corrected chi connectivity index (χ2v) is 4.26. The summed E-state index contributed by atoms with van der Waals surface area (Å²) in [4.78, 5) is 4.14. The number of nitrogens with two attached hydrogens (primary N) is 1. The maximum absolute atomic E-state index is 5.69. The van der Waals surface area contributed by atoms with Crippen LogP contribution in [0.25, 0.3) is 0 Å². The van der Waals surface area contributed by atoms with E-state index in [0.717, 1.165) is 13.0 Å². The van der Waals surface area contributed by atoms with Gasteiger partial charge in [-0.1, -0.05) is 6.42 Å². The Balaban J connectivity index is 2.26. The van der Waals surface area contributed by atoms with Crippen molar-refractivity contribution in [3.05, 3.63) is 23.9 Å². The fourth-order valence-electron chi connectivity index (χ4n) is 2.41. The van der Waals surface area contributed by atoms with E-state index in [1.807, 2.05) is 6.20 Å². The molecule has 0 aliphatic heterocycles. The Morgan fingerprint density at radius 2 is 2.33 bits per heavy atom. The van der Waals surface area contributed by atoms with Crippen LogP contribution in [0.1, 0.15) is 31.2 Å². The molecule has 3 heteroatoms. The molecule has 1 aromatic rings. The maximum atomic E-state index is 5.69. The molecule has 0 saturated heterocycles. The third-order valence-electron chi connectivity index (χ3n) is 3.49. The fraction of sp³-hybridized carbons (Fsp3) is 0.583. The molecule has 3 nitrogen and oxygen atoms in total. The van der Waals surface area contributed by atoms with Gasteiger partial charge in [0.25, 0.3) is 0 Å². The monoisotopic (exact) mass is 206 g/mol. The van der Waals surface area contributed by atoms with Crippen molar-refractivity contribution in [1.29, 1.82) is 0 Å². The van der Waals surface area contributed by atoms with E-state index in [9.17, 15) is 0 Å². The number of nitrogens with zero attached hydrogens (tertiary/aromatic N) is 1. The van der Waals surface area contributed by atoms with Crippen molar-refractivity contribution in [3.8, 4) is 5.88 Å². The van der Waals surface area contributed by atoms with Crippen LogP contribution in [-0.2, 0) is 5.41 Å². The van der Waals surface area contributed by atoms with Crippen LogP contribution in [-0.4, -0.2) is 18.6 Å². The lowest BCUT2D eigenvalue weighted by molar-refractivity contribution is 0.228. The van der Waals surface area contributed by atoms with E-state index in [1.165, 1.54) is 24.8 Å². The van der Waals surface area contributed by atoms with Crippen LogP contribution in [0.5, 0.6) is 5.88 Å². The number of pyridine rings is 1. The largest absolute Gasteiger partial charge is 0.481 e. The molecule has 0 radical (unpaired) electrons. The minimum absolute atomic E-state index is 0.310. The lowest BCUT2D eigenvalue weighted by Gasteiger charge is -2.42. The van der Waals surface area contributed by atoms with Gasteiger partial charge in [0.05, 0.1) is 7.11 Å². The lowest BCUT2D eigenvalue weighted by atomic mass is 9.63. The second-order valence-electron chi connectivity index (χ2n) is 4.26. The van der Waals surface area contributed by atoms with Crippen LogP contribution in [0.2, 0.25) is 0 Å². The van der Waals surface area contributed by atoms with Gasteiger partial charge in [-0.15, -0.1) is 0 Å². The molecular weight excluding hydrogens is 188 g/mol. The molecule has 0 bridgehead atoms. The molecule has 1 saturated carbocycles. The molecule has 1 aliphatic carbocycles. The Bertz CT molecular complexity index is 334. The first-order valence-electron chi connectivity index (χ1n) is 5.51. The number of hydrogen-bond donors (Lipinski definition) is 1. The zero-order chi connectivity index (χ0) is 10.7. The summed E-state index contributed by atoms with van der Waals surface area (Å²) in [5, 5.41) is 0. The summed E-state index contributed by atoms with van der Waals surface area (Å²) in [6.07, 6.45) is 6.70. The molecule has 1 fully saturated rings. The highest BCUT2D eigenvalue weighted by Crippen LogP contribution is 2.46. The summed E-state index contributed by atoms with van der Waals surface area (Å²) in [6, 6.07) is 4.14. The topological polar surface area (TPSA) is 48.1 Å². The first-order chi connectivity index (χ1) is 7.30. The first-order valence-corrected chi connectivity index (χ1v) is 5.51. The van der Waals surface area contributed by atoms with Gasteiger partial charge in [0, 0.05) is 12.3 Å². The molecule has 2 rings (SSSR count). The zero-order valence-electron chi connectivity index (χ0n) is 9.20. The van der Waals surface area contributed by atoms with Gasteiger partial charge in [-0.3, -0.25) is 0 Å². The van der Waals surface area contributed by atoms with Crippen LogP contribution >= 0.6 is 0 Å². The molecule has 82 valence electrons. The van der Waals surface area contributed by atoms with Crippen LogP contribution in [0.3, 0.4) is 0 Å². The van der Waals surface area contributed by atoms with Gasteiger partial charge in [-0.05, 0) is 42.9 Å². The summed E-state index contributed by atoms with van der Waals surface area (Å²) < 4.78 is 5.15. The summed E-state index contributed by atoms with van der Waals surface area (Å²) in [7, 11) is 1.66. The minimum atomic E-state index is 0.310. The minimum Gasteiger partial charge on any atom is -0.481 e. The average molecular weight is 206 g/mol. The van der Waals surface area contributed by atoms with Gasteiger partial charge in [0.1, 0.15) is 0 Å². The van der Waals surface area contributed by atoms with Crippen LogP contribution in [0.4, 0.5) is 0 Å². The summed E-state index contributed by atoms with van der Waals surface area (Å²) in [5.74, 6) is 0.704. The Labute approximate surface area is 90.7 Å². The van der Waals surface area contributed by atoms with Gasteiger partial charge in [-0.2, -0.15) is 0 Å². The SMILES string of the molecule is COc1cc(C2(CCN)CCC2)ccn1. The van der Waals surface area contributed by atoms with E-state index in [0.29, 0.717) is 11.3 Å². The van der Waals surface area contributed by atoms with Gasteiger partial charge < -0.3 is 10.5 Å². The van der Waals surface area contributed by atoms with Gasteiger partial charge in [0.15, 0.2) is 0 Å². The smallest absolute Gasteiger partial charge is 0.213 e. The van der Waals surface area contributed by atoms with Gasteiger partial charge >= 0.3 is 0 Å². The molecular formula is C12H18N2O. The summed E-state index contributed by atoms with van der Waals surface area (Å²) in [6.45, 7) is 0.755. The Morgan fingerprint density at radius 1 is 1.53 bits per heavy atom. The highest BCUT2D eigenvalue weighted by molar-refractivity contribution is 5.30. The van der Waals surface area contributed by atoms with E-state index in [-0.39, 0.29) is 0 Å². The number of hydrogen-bond acceptors (Lipinski definition) is 3. The molecule has 0 atom stereocenters. The number of aromatic nitrogens is 1. The predicted octanol–water partition coefficient (Wildman–Crippen LogP) is 1.86. The fourth-order valence-corrected chi connectivity index (χ4v) is 2.41. The highest BCUT2D eigenvalue weighted by Gasteiger charge is 2.37. The standard InChI is InChI=1S/C12H18N2O/c1-15-11-9-10(3-8-14-11)12(6-7-13)4-2-5-12/h3,8-9H,2,4-7,13H2,1H3. The van der Waals surface area contributed by atoms with Crippen molar-refractivity contribution in [2.24, 2.45) is 5.73 Å². The van der Waals surface area contributed by atoms with Crippen LogP contribution in [0.15, 0.2) is 18.3 Å². The number of ether oxygens (including phenoxy) is 1. The number of methoxy groups -OCH3 is 1. The maximum Gasteiger partial charge on any atom is 0.213 e. The van der Waals surface area contributed by atoms with Crippen molar-refractivity contribution < 1.29 is 4.74 Å². The average Bonchev–Trinajstić information content (AvgIpc) is 2.23. The van der Waals surface area contributed by atoms with E-state index in [4.69, 9.17) is 10.5 Å². The zero-order valence-corrected chi connectivity index (χ0v) is 9.20. The first kappa shape index (κ1) is 10.4. The Hall–Kier alpha value is -1.09. The normalized spacial score (nSPS) is 18.3. The molecule has 1 aromatic heterocycles. The van der Waals surface area contributed by atoms with Crippen molar-refractivity contribution in [1.82, 2.24) is 4.98 Å². The van der Waals surface area contributed by atoms with Crippen LogP contribution < -0.4 is 10.5 Å². The molecule has 15 heavy (non-hydrogen) atoms. The van der Waals surface area contributed by atoms with E-state index in [2.05, 4.69) is 17.1 Å². The number of rotatable bonds is 4. The molecule has 0 unspecified atom stereocenters. The lowest BCUT2D eigenvalue weighted by Crippen LogP contribution is -2.36. The second kappa shape index (κ2) is 4.19. The van der Waals surface area contributed by atoms with E-state index in [1.54, 1.807) is 7.11 Å². The van der Waals surface area contributed by atoms with Crippen LogP contribution in [0, 0.1) is 0 Å². The highest BCUT2D eigenvalue weighted by atomic mass is 16.5. The molecule has 1 aliphatic rings. The van der Waals surface area contributed by atoms with Crippen molar-refractivity contribution >= 4 is 0 Å². The molecule has 1 heterocycles. The third kappa shape index (κ3) is 1.84. The van der Waals surface area contributed by atoms with Crippen molar-refractivity contribution in [3.63, 3.8) is 0 Å². The van der Waals surface area contributed by atoms with Gasteiger partial charge in [0.2, 0.25) is 5.88 Å². The van der Waals surface area contributed by atoms with Crippen molar-refractivity contribution in [2.75, 3.05) is 13.7 Å². The third-order valence-corrected chi connectivity index (χ3v) is 3.49. The van der Waals surface area contributed by atoms with Crippen molar-refractivity contribution in [2.45, 2.75) is 31.1 Å².